The molecule has 0 fully saturated rings. The van der Waals surface area contributed by atoms with Crippen LogP contribution in [0.5, 0.6) is 0 Å². The Kier molecular flexibility index (Phi) is 3.72. The molecule has 0 amide bonds. The van der Waals surface area contributed by atoms with Crippen LogP contribution in [-0.2, 0) is 13.0 Å². The van der Waals surface area contributed by atoms with E-state index < -0.39 is 0 Å². The predicted octanol–water partition coefficient (Wildman–Crippen LogP) is 1.22. The van der Waals surface area contributed by atoms with Crippen molar-refractivity contribution in [2.45, 2.75) is 13.0 Å². The van der Waals surface area contributed by atoms with Crippen LogP contribution in [0.25, 0.3) is 0 Å². The Morgan fingerprint density at radius 1 is 1.43 bits per heavy atom. The Bertz CT molecular complexity index is 312. The number of hydrogen-bond donors (Lipinski definition) is 1. The molecule has 1 aromatic rings. The van der Waals surface area contributed by atoms with E-state index in [9.17, 15) is 0 Å². The van der Waals surface area contributed by atoms with Gasteiger partial charge in [0, 0.05) is 32.4 Å². The van der Waals surface area contributed by atoms with Gasteiger partial charge >= 0.3 is 0 Å². The molecular weight excluding hydrogens is 198 g/mol. The molecule has 0 bridgehead atoms. The summed E-state index contributed by atoms with van der Waals surface area (Å²) in [5.41, 5.74) is 2.80. The summed E-state index contributed by atoms with van der Waals surface area (Å²) in [4.78, 5) is 6.48. The van der Waals surface area contributed by atoms with Gasteiger partial charge in [-0.15, -0.1) is 12.4 Å². The van der Waals surface area contributed by atoms with Gasteiger partial charge in [0.05, 0.1) is 0 Å². The van der Waals surface area contributed by atoms with E-state index in [1.807, 2.05) is 20.3 Å². The monoisotopic (exact) mass is 213 g/mol. The van der Waals surface area contributed by atoms with E-state index in [1.54, 1.807) is 0 Å². The molecular formula is C10H16ClN3. The molecule has 1 N–H and O–H groups in total. The Balaban J connectivity index is 0.000000980. The van der Waals surface area contributed by atoms with E-state index in [-0.39, 0.29) is 12.4 Å². The molecule has 3 nitrogen and oxygen atoms in total. The van der Waals surface area contributed by atoms with Crippen molar-refractivity contribution in [1.82, 2.24) is 10.3 Å². The second-order valence-electron chi connectivity index (χ2n) is 3.59. The largest absolute Gasteiger partial charge is 0.363 e. The topological polar surface area (TPSA) is 28.2 Å². The van der Waals surface area contributed by atoms with E-state index >= 15 is 0 Å². The van der Waals surface area contributed by atoms with Gasteiger partial charge in [-0.2, -0.15) is 0 Å². The van der Waals surface area contributed by atoms with E-state index in [0.717, 1.165) is 25.3 Å². The number of nitrogens with one attached hydrogen (secondary N) is 1. The number of nitrogens with zero attached hydrogens (tertiary/aromatic N) is 2. The number of rotatable bonds is 1. The Morgan fingerprint density at radius 3 is 2.93 bits per heavy atom. The standard InChI is InChI=1S/C10H15N3.ClH/c1-13(2)10-9-4-5-11-7-8(9)3-6-12-10;/h3,6,11H,4-5,7H2,1-2H3;1H. The minimum absolute atomic E-state index is 0. The van der Waals surface area contributed by atoms with Gasteiger partial charge in [-0.25, -0.2) is 4.98 Å². The third kappa shape index (κ3) is 1.99. The van der Waals surface area contributed by atoms with Crippen LogP contribution in [0.4, 0.5) is 5.82 Å². The zero-order valence-corrected chi connectivity index (χ0v) is 9.40. The average molecular weight is 214 g/mol. The molecule has 0 spiro atoms. The molecule has 0 aromatic carbocycles. The Hall–Kier alpha value is -0.800. The summed E-state index contributed by atoms with van der Waals surface area (Å²) in [7, 11) is 4.09. The number of aromatic nitrogens is 1. The lowest BCUT2D eigenvalue weighted by atomic mass is 10.0. The van der Waals surface area contributed by atoms with Crippen molar-refractivity contribution in [2.24, 2.45) is 0 Å². The minimum Gasteiger partial charge on any atom is -0.363 e. The maximum atomic E-state index is 4.39. The third-order valence-electron chi connectivity index (χ3n) is 2.42. The zero-order valence-electron chi connectivity index (χ0n) is 8.58. The normalized spacial score (nSPS) is 14.1. The molecule has 1 aliphatic heterocycles. The maximum Gasteiger partial charge on any atom is 0.131 e. The second kappa shape index (κ2) is 4.62. The highest BCUT2D eigenvalue weighted by molar-refractivity contribution is 5.85. The van der Waals surface area contributed by atoms with E-state index in [4.69, 9.17) is 0 Å². The highest BCUT2D eigenvalue weighted by atomic mass is 35.5. The van der Waals surface area contributed by atoms with Gasteiger partial charge < -0.3 is 10.2 Å². The van der Waals surface area contributed by atoms with Crippen molar-refractivity contribution in [3.8, 4) is 0 Å². The maximum absolute atomic E-state index is 4.39. The fourth-order valence-corrected chi connectivity index (χ4v) is 1.78. The summed E-state index contributed by atoms with van der Waals surface area (Å²) in [6.07, 6.45) is 2.98. The van der Waals surface area contributed by atoms with Gasteiger partial charge in [0.25, 0.3) is 0 Å². The molecule has 0 aliphatic carbocycles. The van der Waals surface area contributed by atoms with Crippen LogP contribution >= 0.6 is 12.4 Å². The van der Waals surface area contributed by atoms with Crippen LogP contribution in [0.1, 0.15) is 11.1 Å². The number of hydrogen-bond acceptors (Lipinski definition) is 3. The SMILES string of the molecule is CN(C)c1nccc2c1CCNC2.Cl. The average Bonchev–Trinajstić information content (AvgIpc) is 2.17. The van der Waals surface area contributed by atoms with Crippen LogP contribution in [0.3, 0.4) is 0 Å². The summed E-state index contributed by atoms with van der Waals surface area (Å²) in [6.45, 7) is 2.05. The predicted molar refractivity (Wildman–Crippen MR) is 61.2 cm³/mol. The lowest BCUT2D eigenvalue weighted by molar-refractivity contribution is 0.640. The van der Waals surface area contributed by atoms with Crippen molar-refractivity contribution < 1.29 is 0 Å². The Morgan fingerprint density at radius 2 is 2.21 bits per heavy atom. The Labute approximate surface area is 90.9 Å². The minimum atomic E-state index is 0. The van der Waals surface area contributed by atoms with Crippen molar-refractivity contribution in [1.29, 1.82) is 0 Å². The summed E-state index contributed by atoms with van der Waals surface area (Å²) in [5.74, 6) is 1.12. The van der Waals surface area contributed by atoms with Crippen molar-refractivity contribution in [3.05, 3.63) is 23.4 Å². The highest BCUT2D eigenvalue weighted by Gasteiger charge is 2.13. The van der Waals surface area contributed by atoms with Crippen LogP contribution in [0.2, 0.25) is 0 Å². The molecule has 2 rings (SSSR count). The quantitative estimate of drug-likeness (QED) is 0.761. The molecule has 0 radical (unpaired) electrons. The third-order valence-corrected chi connectivity index (χ3v) is 2.42. The van der Waals surface area contributed by atoms with Crippen LogP contribution < -0.4 is 10.2 Å². The number of anilines is 1. The lowest BCUT2D eigenvalue weighted by Crippen LogP contribution is -2.26. The first-order valence-corrected chi connectivity index (χ1v) is 4.64. The van der Waals surface area contributed by atoms with Gasteiger partial charge in [-0.1, -0.05) is 0 Å². The number of pyridine rings is 1. The van der Waals surface area contributed by atoms with Gasteiger partial charge in [-0.3, -0.25) is 0 Å². The fourth-order valence-electron chi connectivity index (χ4n) is 1.78. The molecule has 78 valence electrons. The van der Waals surface area contributed by atoms with Crippen molar-refractivity contribution in [2.75, 3.05) is 25.5 Å². The summed E-state index contributed by atoms with van der Waals surface area (Å²) in [6, 6.07) is 2.11. The van der Waals surface area contributed by atoms with Crippen LogP contribution in [-0.4, -0.2) is 25.6 Å². The van der Waals surface area contributed by atoms with Gasteiger partial charge in [-0.05, 0) is 24.6 Å². The molecule has 0 atom stereocenters. The number of halogens is 1. The molecule has 0 unspecified atom stereocenters. The van der Waals surface area contributed by atoms with E-state index in [1.165, 1.54) is 11.1 Å². The summed E-state index contributed by atoms with van der Waals surface area (Å²) < 4.78 is 0. The molecule has 0 saturated heterocycles. The van der Waals surface area contributed by atoms with Crippen LogP contribution in [0.15, 0.2) is 12.3 Å². The van der Waals surface area contributed by atoms with Gasteiger partial charge in [0.15, 0.2) is 0 Å². The molecule has 1 aromatic heterocycles. The molecule has 2 heterocycles. The molecule has 14 heavy (non-hydrogen) atoms. The first-order chi connectivity index (χ1) is 6.29. The van der Waals surface area contributed by atoms with E-state index in [0.29, 0.717) is 0 Å². The second-order valence-corrected chi connectivity index (χ2v) is 3.59. The molecule has 4 heteroatoms. The first kappa shape index (κ1) is 11.3. The molecule has 1 aliphatic rings. The van der Waals surface area contributed by atoms with Gasteiger partial charge in [0.2, 0.25) is 0 Å². The van der Waals surface area contributed by atoms with Gasteiger partial charge in [0.1, 0.15) is 5.82 Å². The van der Waals surface area contributed by atoms with Crippen molar-refractivity contribution >= 4 is 18.2 Å². The van der Waals surface area contributed by atoms with Crippen LogP contribution in [0, 0.1) is 0 Å². The molecule has 0 saturated carbocycles. The smallest absolute Gasteiger partial charge is 0.131 e. The number of fused-ring (bicyclic) bond motifs is 1. The lowest BCUT2D eigenvalue weighted by Gasteiger charge is -2.22. The van der Waals surface area contributed by atoms with Crippen molar-refractivity contribution in [3.63, 3.8) is 0 Å². The first-order valence-electron chi connectivity index (χ1n) is 4.64. The highest BCUT2D eigenvalue weighted by Crippen LogP contribution is 2.21. The summed E-state index contributed by atoms with van der Waals surface area (Å²) >= 11 is 0. The fraction of sp³-hybridized carbons (Fsp3) is 0.500. The van der Waals surface area contributed by atoms with E-state index in [2.05, 4.69) is 21.3 Å². The zero-order chi connectivity index (χ0) is 9.26. The summed E-state index contributed by atoms with van der Waals surface area (Å²) in [5, 5.41) is 3.36.